The lowest BCUT2D eigenvalue weighted by molar-refractivity contribution is -0.384. The summed E-state index contributed by atoms with van der Waals surface area (Å²) in [6.45, 7) is 1.76. The van der Waals surface area contributed by atoms with E-state index in [1.807, 2.05) is 11.0 Å². The molecule has 2 aromatic rings. The number of hydrogen-bond acceptors (Lipinski definition) is 4. The smallest absolute Gasteiger partial charge is 0.269 e. The van der Waals surface area contributed by atoms with Crippen LogP contribution in [0.4, 0.5) is 5.69 Å². The van der Waals surface area contributed by atoms with Crippen molar-refractivity contribution in [1.82, 2.24) is 10.2 Å². The fourth-order valence-electron chi connectivity index (χ4n) is 3.61. The predicted molar refractivity (Wildman–Crippen MR) is 109 cm³/mol. The van der Waals surface area contributed by atoms with Gasteiger partial charge in [-0.1, -0.05) is 30.3 Å². The highest BCUT2D eigenvalue weighted by Crippen LogP contribution is 2.22. The minimum Gasteiger partial charge on any atom is -0.352 e. The molecular formula is C22H25N3O4. The predicted octanol–water partition coefficient (Wildman–Crippen LogP) is 3.20. The molecule has 0 saturated carbocycles. The van der Waals surface area contributed by atoms with E-state index >= 15 is 0 Å². The van der Waals surface area contributed by atoms with Crippen LogP contribution in [0.2, 0.25) is 0 Å². The summed E-state index contributed by atoms with van der Waals surface area (Å²) in [5.41, 5.74) is 1.61. The Morgan fingerprint density at radius 2 is 1.69 bits per heavy atom. The minimum absolute atomic E-state index is 0.0483. The summed E-state index contributed by atoms with van der Waals surface area (Å²) in [6, 6.07) is 15.8. The molecule has 1 aliphatic rings. The van der Waals surface area contributed by atoms with E-state index in [0.717, 1.165) is 32.4 Å². The van der Waals surface area contributed by atoms with Crippen LogP contribution in [-0.4, -0.2) is 41.3 Å². The number of nitrogens with one attached hydrogen (secondary N) is 1. The second-order valence-corrected chi connectivity index (χ2v) is 7.32. The van der Waals surface area contributed by atoms with Gasteiger partial charge in [-0.3, -0.25) is 19.7 Å². The van der Waals surface area contributed by atoms with Gasteiger partial charge in [-0.25, -0.2) is 0 Å². The molecule has 2 aromatic carbocycles. The van der Waals surface area contributed by atoms with Crippen molar-refractivity contribution in [3.05, 3.63) is 75.8 Å². The summed E-state index contributed by atoms with van der Waals surface area (Å²) < 4.78 is 0. The summed E-state index contributed by atoms with van der Waals surface area (Å²) >= 11 is 0. The van der Waals surface area contributed by atoms with Gasteiger partial charge in [0, 0.05) is 43.8 Å². The lowest BCUT2D eigenvalue weighted by Crippen LogP contribution is -2.40. The number of carbonyl (C=O) groups excluding carboxylic acids is 2. The Kier molecular flexibility index (Phi) is 6.94. The first-order chi connectivity index (χ1) is 14.0. The van der Waals surface area contributed by atoms with E-state index in [-0.39, 0.29) is 30.5 Å². The zero-order chi connectivity index (χ0) is 20.6. The van der Waals surface area contributed by atoms with E-state index in [1.165, 1.54) is 29.8 Å². The maximum absolute atomic E-state index is 12.4. The molecule has 1 heterocycles. The van der Waals surface area contributed by atoms with Crippen LogP contribution in [0.5, 0.6) is 0 Å². The third-order valence-electron chi connectivity index (χ3n) is 5.30. The van der Waals surface area contributed by atoms with Crippen molar-refractivity contribution < 1.29 is 14.5 Å². The number of non-ortho nitro benzene ring substituents is 1. The molecule has 0 bridgehead atoms. The normalized spacial score (nSPS) is 14.4. The van der Waals surface area contributed by atoms with Crippen LogP contribution in [0.25, 0.3) is 0 Å². The van der Waals surface area contributed by atoms with Crippen LogP contribution in [-0.2, 0) is 11.2 Å². The van der Waals surface area contributed by atoms with Crippen LogP contribution < -0.4 is 5.32 Å². The van der Waals surface area contributed by atoms with Gasteiger partial charge in [0.25, 0.3) is 11.6 Å². The maximum Gasteiger partial charge on any atom is 0.269 e. The lowest BCUT2D eigenvalue weighted by atomic mass is 9.90. The Bertz CT molecular complexity index is 844. The van der Waals surface area contributed by atoms with Crippen LogP contribution in [0.15, 0.2) is 54.6 Å². The highest BCUT2D eigenvalue weighted by atomic mass is 16.6. The monoisotopic (exact) mass is 395 g/mol. The van der Waals surface area contributed by atoms with E-state index in [4.69, 9.17) is 0 Å². The van der Waals surface area contributed by atoms with Crippen molar-refractivity contribution in [2.24, 2.45) is 5.92 Å². The summed E-state index contributed by atoms with van der Waals surface area (Å²) in [4.78, 5) is 36.5. The fourth-order valence-corrected chi connectivity index (χ4v) is 3.61. The molecule has 1 fully saturated rings. The van der Waals surface area contributed by atoms with Gasteiger partial charge >= 0.3 is 0 Å². The molecule has 1 aliphatic heterocycles. The lowest BCUT2D eigenvalue weighted by Gasteiger charge is -2.32. The van der Waals surface area contributed by atoms with Gasteiger partial charge in [-0.05, 0) is 42.9 Å². The largest absolute Gasteiger partial charge is 0.352 e. The van der Waals surface area contributed by atoms with Gasteiger partial charge in [-0.15, -0.1) is 0 Å². The summed E-state index contributed by atoms with van der Waals surface area (Å²) in [5.74, 6) is 0.310. The van der Waals surface area contributed by atoms with E-state index in [0.29, 0.717) is 11.5 Å². The molecule has 0 aliphatic carbocycles. The fraction of sp³-hybridized carbons (Fsp3) is 0.364. The highest BCUT2D eigenvalue weighted by Gasteiger charge is 2.22. The molecule has 1 saturated heterocycles. The maximum atomic E-state index is 12.4. The molecule has 2 amide bonds. The molecule has 0 radical (unpaired) electrons. The number of nitro groups is 1. The van der Waals surface area contributed by atoms with Crippen molar-refractivity contribution in [2.75, 3.05) is 19.6 Å². The number of nitrogens with zero attached hydrogens (tertiary/aromatic N) is 2. The first-order valence-electron chi connectivity index (χ1n) is 9.87. The number of rotatable bonds is 7. The summed E-state index contributed by atoms with van der Waals surface area (Å²) in [5, 5.41) is 13.4. The van der Waals surface area contributed by atoms with Crippen LogP contribution in [0, 0.1) is 16.0 Å². The van der Waals surface area contributed by atoms with Crippen LogP contribution in [0.3, 0.4) is 0 Å². The number of hydrogen-bond donors (Lipinski definition) is 1. The van der Waals surface area contributed by atoms with E-state index in [2.05, 4.69) is 29.6 Å². The van der Waals surface area contributed by atoms with Gasteiger partial charge in [0.2, 0.25) is 5.91 Å². The minimum atomic E-state index is -0.511. The number of nitro benzene ring substituents is 1. The highest BCUT2D eigenvalue weighted by molar-refractivity contribution is 5.94. The molecule has 7 nitrogen and oxygen atoms in total. The standard InChI is InChI=1S/C22H25N3O4/c26-21(10-13-23-22(27)19-6-8-20(9-7-19)25(28)29)24-14-11-18(12-15-24)16-17-4-2-1-3-5-17/h1-9,18H,10-16H2,(H,23,27). The zero-order valence-corrected chi connectivity index (χ0v) is 16.3. The summed E-state index contributed by atoms with van der Waals surface area (Å²) in [7, 11) is 0. The topological polar surface area (TPSA) is 92.6 Å². The Morgan fingerprint density at radius 3 is 2.31 bits per heavy atom. The van der Waals surface area contributed by atoms with Crippen molar-refractivity contribution in [1.29, 1.82) is 0 Å². The second kappa shape index (κ2) is 9.82. The molecule has 29 heavy (non-hydrogen) atoms. The summed E-state index contributed by atoms with van der Waals surface area (Å²) in [6.07, 6.45) is 3.29. The quantitative estimate of drug-likeness (QED) is 0.576. The van der Waals surface area contributed by atoms with E-state index < -0.39 is 4.92 Å². The molecule has 1 N–H and O–H groups in total. The Labute approximate surface area is 169 Å². The van der Waals surface area contributed by atoms with Crippen molar-refractivity contribution >= 4 is 17.5 Å². The SMILES string of the molecule is O=C(NCCC(=O)N1CCC(Cc2ccccc2)CC1)c1ccc([N+](=O)[O-])cc1. The second-order valence-electron chi connectivity index (χ2n) is 7.32. The average molecular weight is 395 g/mol. The molecule has 0 spiro atoms. The molecule has 152 valence electrons. The van der Waals surface area contributed by atoms with Gasteiger partial charge in [0.15, 0.2) is 0 Å². The number of piperidine rings is 1. The molecule has 3 rings (SSSR count). The Hall–Kier alpha value is -3.22. The van der Waals surface area contributed by atoms with Crippen LogP contribution >= 0.6 is 0 Å². The van der Waals surface area contributed by atoms with Crippen molar-refractivity contribution in [3.63, 3.8) is 0 Å². The first-order valence-corrected chi connectivity index (χ1v) is 9.87. The van der Waals surface area contributed by atoms with Gasteiger partial charge < -0.3 is 10.2 Å². The Balaban J connectivity index is 1.37. The first kappa shape index (κ1) is 20.5. The molecule has 0 atom stereocenters. The third kappa shape index (κ3) is 5.88. The van der Waals surface area contributed by atoms with E-state index in [1.54, 1.807) is 0 Å². The van der Waals surface area contributed by atoms with Gasteiger partial charge in [-0.2, -0.15) is 0 Å². The van der Waals surface area contributed by atoms with Crippen molar-refractivity contribution in [3.8, 4) is 0 Å². The van der Waals surface area contributed by atoms with Crippen LogP contribution in [0.1, 0.15) is 35.2 Å². The average Bonchev–Trinajstić information content (AvgIpc) is 2.75. The van der Waals surface area contributed by atoms with Crippen molar-refractivity contribution in [2.45, 2.75) is 25.7 Å². The number of benzene rings is 2. The molecule has 0 unspecified atom stereocenters. The molecule has 0 aromatic heterocycles. The van der Waals surface area contributed by atoms with E-state index in [9.17, 15) is 19.7 Å². The zero-order valence-electron chi connectivity index (χ0n) is 16.3. The van der Waals surface area contributed by atoms with Gasteiger partial charge in [0.05, 0.1) is 4.92 Å². The van der Waals surface area contributed by atoms with Gasteiger partial charge in [0.1, 0.15) is 0 Å². The number of amides is 2. The number of carbonyl (C=O) groups is 2. The molecule has 7 heteroatoms. The molecular weight excluding hydrogens is 370 g/mol. The third-order valence-corrected chi connectivity index (χ3v) is 5.30. The Morgan fingerprint density at radius 1 is 1.03 bits per heavy atom. The number of likely N-dealkylation sites (tertiary alicyclic amines) is 1.